The third kappa shape index (κ3) is 8.02. The summed E-state index contributed by atoms with van der Waals surface area (Å²) in [4.78, 5) is 27.2. The van der Waals surface area contributed by atoms with Crippen LogP contribution >= 0.6 is 0 Å². The summed E-state index contributed by atoms with van der Waals surface area (Å²) in [7, 11) is 0. The second-order valence-corrected chi connectivity index (χ2v) is 8.40. The van der Waals surface area contributed by atoms with Crippen molar-refractivity contribution < 1.29 is 9.59 Å². The van der Waals surface area contributed by atoms with Crippen molar-refractivity contribution in [3.05, 3.63) is 71.3 Å². The largest absolute Gasteiger partial charge is 0.325 e. The quantitative estimate of drug-likeness (QED) is 0.558. The molecule has 0 saturated heterocycles. The number of hydrogen-bond donors (Lipinski definition) is 2. The average Bonchev–Trinajstić information content (AvgIpc) is 2.76. The highest BCUT2D eigenvalue weighted by atomic mass is 16.2. The summed E-state index contributed by atoms with van der Waals surface area (Å²) in [6.45, 7) is 5.08. The van der Waals surface area contributed by atoms with Gasteiger partial charge in [-0.25, -0.2) is 0 Å². The van der Waals surface area contributed by atoms with Gasteiger partial charge < -0.3 is 10.6 Å². The molecule has 2 aromatic rings. The zero-order valence-corrected chi connectivity index (χ0v) is 18.6. The predicted octanol–water partition coefficient (Wildman–Crippen LogP) is 5.07. The summed E-state index contributed by atoms with van der Waals surface area (Å²) in [5.41, 5.74) is 5.28. The van der Waals surface area contributed by atoms with E-state index in [1.54, 1.807) is 0 Å². The van der Waals surface area contributed by atoms with Gasteiger partial charge in [0.25, 0.3) is 0 Å². The monoisotopic (exact) mass is 419 g/mol. The number of amides is 2. The molecule has 0 saturated carbocycles. The minimum atomic E-state index is -0.107. The van der Waals surface area contributed by atoms with Crippen molar-refractivity contribution >= 4 is 23.2 Å². The first kappa shape index (κ1) is 22.8. The second-order valence-electron chi connectivity index (χ2n) is 8.40. The van der Waals surface area contributed by atoms with Crippen LogP contribution in [0.4, 0.5) is 11.4 Å². The van der Waals surface area contributed by atoms with Crippen molar-refractivity contribution in [2.45, 2.75) is 46.0 Å². The maximum Gasteiger partial charge on any atom is 0.238 e. The highest BCUT2D eigenvalue weighted by Crippen LogP contribution is 2.20. The summed E-state index contributed by atoms with van der Waals surface area (Å²) < 4.78 is 0. The fraction of sp³-hybridized carbons (Fsp3) is 0.385. The number of benzene rings is 2. The number of allylic oxidation sites excluding steroid dienone is 1. The van der Waals surface area contributed by atoms with Crippen LogP contribution in [0.2, 0.25) is 0 Å². The van der Waals surface area contributed by atoms with Gasteiger partial charge in [-0.3, -0.25) is 14.5 Å². The Morgan fingerprint density at radius 3 is 1.77 bits per heavy atom. The van der Waals surface area contributed by atoms with Gasteiger partial charge in [0.2, 0.25) is 11.8 Å². The molecule has 164 valence electrons. The molecule has 5 heteroatoms. The van der Waals surface area contributed by atoms with Crippen LogP contribution in [0.25, 0.3) is 0 Å². The SMILES string of the molecule is Cc1ccc(NC(=O)CN(CCC2=CCCCC2)CC(=O)Nc2ccc(C)cc2)cc1. The molecule has 0 radical (unpaired) electrons. The number of rotatable bonds is 9. The Morgan fingerprint density at radius 2 is 1.32 bits per heavy atom. The Kier molecular flexibility index (Phi) is 8.42. The van der Waals surface area contributed by atoms with E-state index in [1.165, 1.54) is 18.4 Å². The minimum absolute atomic E-state index is 0.107. The molecular formula is C26H33N3O2. The molecule has 3 rings (SSSR count). The molecule has 2 aromatic carbocycles. The zero-order valence-electron chi connectivity index (χ0n) is 18.6. The number of hydrogen-bond acceptors (Lipinski definition) is 3. The molecule has 2 amide bonds. The number of nitrogens with zero attached hydrogens (tertiary/aromatic N) is 1. The van der Waals surface area contributed by atoms with Crippen LogP contribution in [0.1, 0.15) is 43.2 Å². The second kappa shape index (κ2) is 11.5. The van der Waals surface area contributed by atoms with E-state index in [-0.39, 0.29) is 24.9 Å². The number of anilines is 2. The Bertz CT molecular complexity index is 840. The van der Waals surface area contributed by atoms with Crippen LogP contribution in [0.15, 0.2) is 60.2 Å². The van der Waals surface area contributed by atoms with Gasteiger partial charge in [-0.05, 0) is 70.2 Å². The van der Waals surface area contributed by atoms with E-state index in [0.717, 1.165) is 41.8 Å². The summed E-state index contributed by atoms with van der Waals surface area (Å²) in [6.07, 6.45) is 7.96. The predicted molar refractivity (Wildman–Crippen MR) is 127 cm³/mol. The fourth-order valence-corrected chi connectivity index (χ4v) is 3.73. The third-order valence-electron chi connectivity index (χ3n) is 5.54. The van der Waals surface area contributed by atoms with Crippen molar-refractivity contribution in [3.8, 4) is 0 Å². The lowest BCUT2D eigenvalue weighted by Crippen LogP contribution is -2.39. The van der Waals surface area contributed by atoms with Crippen molar-refractivity contribution in [3.63, 3.8) is 0 Å². The number of carbonyl (C=O) groups excluding carboxylic acids is 2. The summed E-state index contributed by atoms with van der Waals surface area (Å²) in [6, 6.07) is 15.5. The number of aryl methyl sites for hydroxylation is 2. The van der Waals surface area contributed by atoms with Gasteiger partial charge >= 0.3 is 0 Å². The van der Waals surface area contributed by atoms with E-state index >= 15 is 0 Å². The topological polar surface area (TPSA) is 61.4 Å². The van der Waals surface area contributed by atoms with Gasteiger partial charge in [-0.1, -0.05) is 47.0 Å². The highest BCUT2D eigenvalue weighted by molar-refractivity contribution is 5.94. The summed E-state index contributed by atoms with van der Waals surface area (Å²) in [5.74, 6) is -0.214. The highest BCUT2D eigenvalue weighted by Gasteiger charge is 2.16. The van der Waals surface area contributed by atoms with Crippen LogP contribution in [0, 0.1) is 13.8 Å². The van der Waals surface area contributed by atoms with Gasteiger partial charge in [-0.15, -0.1) is 0 Å². The van der Waals surface area contributed by atoms with E-state index < -0.39 is 0 Å². The molecule has 0 heterocycles. The third-order valence-corrected chi connectivity index (χ3v) is 5.54. The number of nitrogens with one attached hydrogen (secondary N) is 2. The molecule has 0 aromatic heterocycles. The normalized spacial score (nSPS) is 13.6. The first-order valence-corrected chi connectivity index (χ1v) is 11.1. The van der Waals surface area contributed by atoms with Crippen molar-refractivity contribution in [1.82, 2.24) is 4.90 Å². The molecule has 5 nitrogen and oxygen atoms in total. The van der Waals surface area contributed by atoms with Crippen LogP contribution in [-0.4, -0.2) is 36.3 Å². The molecular weight excluding hydrogens is 386 g/mol. The molecule has 31 heavy (non-hydrogen) atoms. The van der Waals surface area contributed by atoms with Gasteiger partial charge in [0.05, 0.1) is 13.1 Å². The van der Waals surface area contributed by atoms with E-state index in [0.29, 0.717) is 6.54 Å². The van der Waals surface area contributed by atoms with Crippen molar-refractivity contribution in [2.24, 2.45) is 0 Å². The van der Waals surface area contributed by atoms with E-state index in [4.69, 9.17) is 0 Å². The standard InChI is InChI=1S/C26H33N3O2/c1-20-8-12-23(13-9-20)27-25(30)18-29(17-16-22-6-4-3-5-7-22)19-26(31)28-24-14-10-21(2)11-15-24/h6,8-15H,3-5,7,16-19H2,1-2H3,(H,27,30)(H,28,31). The maximum absolute atomic E-state index is 12.6. The van der Waals surface area contributed by atoms with Crippen LogP contribution in [-0.2, 0) is 9.59 Å². The molecule has 0 aliphatic heterocycles. The van der Waals surface area contributed by atoms with Gasteiger partial charge in [0, 0.05) is 17.9 Å². The minimum Gasteiger partial charge on any atom is -0.325 e. The zero-order chi connectivity index (χ0) is 22.1. The van der Waals surface area contributed by atoms with Crippen LogP contribution < -0.4 is 10.6 Å². The van der Waals surface area contributed by atoms with Crippen LogP contribution in [0.5, 0.6) is 0 Å². The van der Waals surface area contributed by atoms with Crippen molar-refractivity contribution in [1.29, 1.82) is 0 Å². The Labute approximate surface area is 185 Å². The Balaban J connectivity index is 1.59. The maximum atomic E-state index is 12.6. The van der Waals surface area contributed by atoms with Gasteiger partial charge in [0.15, 0.2) is 0 Å². The lowest BCUT2D eigenvalue weighted by Gasteiger charge is -2.23. The molecule has 0 fully saturated rings. The lowest BCUT2D eigenvalue weighted by molar-refractivity contribution is -0.120. The molecule has 1 aliphatic carbocycles. The Hall–Kier alpha value is -2.92. The first-order chi connectivity index (χ1) is 15.0. The summed E-state index contributed by atoms with van der Waals surface area (Å²) >= 11 is 0. The first-order valence-electron chi connectivity index (χ1n) is 11.1. The van der Waals surface area contributed by atoms with E-state index in [2.05, 4.69) is 16.7 Å². The van der Waals surface area contributed by atoms with Gasteiger partial charge in [0.1, 0.15) is 0 Å². The van der Waals surface area contributed by atoms with E-state index in [9.17, 15) is 9.59 Å². The molecule has 2 N–H and O–H groups in total. The molecule has 0 bridgehead atoms. The smallest absolute Gasteiger partial charge is 0.238 e. The molecule has 0 spiro atoms. The van der Waals surface area contributed by atoms with Crippen molar-refractivity contribution in [2.75, 3.05) is 30.3 Å². The fourth-order valence-electron chi connectivity index (χ4n) is 3.73. The van der Waals surface area contributed by atoms with E-state index in [1.807, 2.05) is 67.3 Å². The average molecular weight is 420 g/mol. The molecule has 1 aliphatic rings. The number of carbonyl (C=O) groups is 2. The Morgan fingerprint density at radius 1 is 0.806 bits per heavy atom. The summed E-state index contributed by atoms with van der Waals surface area (Å²) in [5, 5.41) is 5.88. The molecule has 0 atom stereocenters. The lowest BCUT2D eigenvalue weighted by atomic mass is 9.97. The molecule has 0 unspecified atom stereocenters. The van der Waals surface area contributed by atoms with Gasteiger partial charge in [-0.2, -0.15) is 0 Å². The van der Waals surface area contributed by atoms with Crippen LogP contribution in [0.3, 0.4) is 0 Å².